The molecule has 0 spiro atoms. The third kappa shape index (κ3) is 4.34. The summed E-state index contributed by atoms with van der Waals surface area (Å²) < 4.78 is 7.93. The van der Waals surface area contributed by atoms with Crippen molar-refractivity contribution in [2.24, 2.45) is 0 Å². The molecule has 4 rings (SSSR count). The molecule has 168 valence electrons. The van der Waals surface area contributed by atoms with Crippen LogP contribution in [0.5, 0.6) is 0 Å². The van der Waals surface area contributed by atoms with Gasteiger partial charge < -0.3 is 9.09 Å². The second-order valence-corrected chi connectivity index (χ2v) is 8.02. The normalized spacial score (nSPS) is 11.1. The Morgan fingerprint density at radius 2 is 1.69 bits per heavy atom. The molecule has 0 aliphatic rings. The predicted molar refractivity (Wildman–Crippen MR) is 123 cm³/mol. The van der Waals surface area contributed by atoms with E-state index < -0.39 is 0 Å². The van der Waals surface area contributed by atoms with Gasteiger partial charge >= 0.3 is 6.15 Å². The van der Waals surface area contributed by atoms with E-state index >= 15 is 0 Å². The minimum absolute atomic E-state index is 0.250. The quantitative estimate of drug-likeness (QED) is 0.355. The van der Waals surface area contributed by atoms with Gasteiger partial charge in [0.1, 0.15) is 5.76 Å². The summed E-state index contributed by atoms with van der Waals surface area (Å²) >= 11 is 0. The second kappa shape index (κ2) is 10.3. The molecule has 0 aromatic carbocycles. The summed E-state index contributed by atoms with van der Waals surface area (Å²) in [4.78, 5) is 25.8. The molecule has 0 bridgehead atoms. The first kappa shape index (κ1) is 23.4. The largest absolute Gasteiger partial charge is 0.373 e. The highest BCUT2D eigenvalue weighted by atomic mass is 16.5. The molecule has 4 heterocycles. The molecule has 0 amide bonds. The minimum Gasteiger partial charge on any atom is -0.361 e. The van der Waals surface area contributed by atoms with Crippen molar-refractivity contribution in [2.45, 2.75) is 72.8 Å². The van der Waals surface area contributed by atoms with E-state index in [-0.39, 0.29) is 6.15 Å². The summed E-state index contributed by atoms with van der Waals surface area (Å²) in [6, 6.07) is 4.97. The lowest BCUT2D eigenvalue weighted by molar-refractivity contribution is -0.191. The first-order valence-electron chi connectivity index (χ1n) is 11.2. The first-order valence-corrected chi connectivity index (χ1v) is 11.2. The molecule has 0 aliphatic heterocycles. The van der Waals surface area contributed by atoms with Gasteiger partial charge in [-0.25, -0.2) is 0 Å². The highest BCUT2D eigenvalue weighted by Crippen LogP contribution is 2.37. The lowest BCUT2D eigenvalue weighted by Gasteiger charge is -2.20. The van der Waals surface area contributed by atoms with Crippen LogP contribution in [-0.4, -0.2) is 25.8 Å². The van der Waals surface area contributed by atoms with Crippen LogP contribution in [0.25, 0.3) is 33.1 Å². The van der Waals surface area contributed by atoms with E-state index in [1.54, 1.807) is 0 Å². The average Bonchev–Trinajstić information content (AvgIpc) is 3.29. The molecule has 0 aliphatic carbocycles. The van der Waals surface area contributed by atoms with Crippen LogP contribution in [0.1, 0.15) is 69.6 Å². The molecule has 0 saturated heterocycles. The summed E-state index contributed by atoms with van der Waals surface area (Å²) in [6.45, 7) is 10.6. The number of hydrogen-bond donors (Lipinski definition) is 0. The second-order valence-electron chi connectivity index (χ2n) is 8.02. The summed E-state index contributed by atoms with van der Waals surface area (Å²) in [6.07, 6.45) is 9.77. The van der Waals surface area contributed by atoms with Crippen molar-refractivity contribution in [3.05, 3.63) is 41.7 Å². The van der Waals surface area contributed by atoms with Crippen LogP contribution in [0.4, 0.5) is 0 Å². The molecule has 7 heteroatoms. The van der Waals surface area contributed by atoms with Crippen molar-refractivity contribution in [1.29, 1.82) is 0 Å². The van der Waals surface area contributed by atoms with E-state index in [4.69, 9.17) is 19.1 Å². The van der Waals surface area contributed by atoms with Gasteiger partial charge in [-0.2, -0.15) is 9.59 Å². The van der Waals surface area contributed by atoms with E-state index in [1.165, 1.54) is 11.0 Å². The van der Waals surface area contributed by atoms with Crippen LogP contribution in [0, 0.1) is 13.8 Å². The van der Waals surface area contributed by atoms with Gasteiger partial charge in [0.2, 0.25) is 0 Å². The van der Waals surface area contributed by atoms with E-state index in [1.807, 2.05) is 26.2 Å². The molecule has 0 fully saturated rings. The lowest BCUT2D eigenvalue weighted by atomic mass is 10.0. The zero-order chi connectivity index (χ0) is 23.3. The highest BCUT2D eigenvalue weighted by molar-refractivity contribution is 6.06. The highest BCUT2D eigenvalue weighted by Gasteiger charge is 2.21. The van der Waals surface area contributed by atoms with Crippen molar-refractivity contribution in [3.63, 3.8) is 0 Å². The molecule has 4 aromatic heterocycles. The molecule has 0 atom stereocenters. The van der Waals surface area contributed by atoms with Crippen molar-refractivity contribution in [1.82, 2.24) is 19.7 Å². The molecule has 4 aromatic rings. The van der Waals surface area contributed by atoms with E-state index in [2.05, 4.69) is 47.6 Å². The standard InChI is InChI=1S/C24H30N4O.CO2/c1-6-9-19(10-7-2)28-21-12-18(8-3)25-14-20(21)24-22(28)11-17(13-26-24)23-15(4)27-29-16(23)5;2-1-3/h11-14,19H,6-10H2,1-5H3;. The minimum atomic E-state index is 0.250. The van der Waals surface area contributed by atoms with E-state index in [0.29, 0.717) is 6.04 Å². The zero-order valence-electron chi connectivity index (χ0n) is 19.4. The number of pyridine rings is 2. The molecule has 0 N–H and O–H groups in total. The SMILES string of the molecule is CCCC(CCC)n1c2cc(CC)ncc2c2ncc(-c3c(C)noc3C)cc21.O=C=O. The van der Waals surface area contributed by atoms with Crippen LogP contribution in [-0.2, 0) is 16.0 Å². The number of aryl methyl sites for hydroxylation is 3. The summed E-state index contributed by atoms with van der Waals surface area (Å²) in [5.74, 6) is 0.833. The molecule has 7 nitrogen and oxygen atoms in total. The van der Waals surface area contributed by atoms with Crippen LogP contribution < -0.4 is 0 Å². The predicted octanol–water partition coefficient (Wildman–Crippen LogP) is 5.98. The van der Waals surface area contributed by atoms with Gasteiger partial charge in [0.25, 0.3) is 0 Å². The summed E-state index contributed by atoms with van der Waals surface area (Å²) in [5, 5.41) is 5.27. The van der Waals surface area contributed by atoms with Gasteiger partial charge in [-0.05, 0) is 45.2 Å². The molecular weight excluding hydrogens is 404 g/mol. The molecule has 32 heavy (non-hydrogen) atoms. The van der Waals surface area contributed by atoms with Gasteiger partial charge in [0.05, 0.1) is 22.2 Å². The topological polar surface area (TPSA) is 90.9 Å². The van der Waals surface area contributed by atoms with Gasteiger partial charge in [0, 0.05) is 40.6 Å². The maximum absolute atomic E-state index is 8.12. The van der Waals surface area contributed by atoms with Gasteiger partial charge in [0.15, 0.2) is 0 Å². The van der Waals surface area contributed by atoms with Crippen molar-refractivity contribution in [3.8, 4) is 11.1 Å². The van der Waals surface area contributed by atoms with E-state index in [9.17, 15) is 0 Å². The smallest absolute Gasteiger partial charge is 0.361 e. The Kier molecular flexibility index (Phi) is 7.54. The van der Waals surface area contributed by atoms with Gasteiger partial charge in [-0.15, -0.1) is 0 Å². The number of hydrogen-bond acceptors (Lipinski definition) is 6. The summed E-state index contributed by atoms with van der Waals surface area (Å²) in [5.41, 5.74) is 7.60. The van der Waals surface area contributed by atoms with Crippen molar-refractivity contribution >= 4 is 28.1 Å². The summed E-state index contributed by atoms with van der Waals surface area (Å²) in [7, 11) is 0. The fourth-order valence-electron chi connectivity index (χ4n) is 4.53. The lowest BCUT2D eigenvalue weighted by Crippen LogP contribution is -2.09. The maximum Gasteiger partial charge on any atom is 0.373 e. The van der Waals surface area contributed by atoms with Crippen LogP contribution in [0.2, 0.25) is 0 Å². The number of aromatic nitrogens is 4. The molecule has 0 radical (unpaired) electrons. The molecule has 0 saturated carbocycles. The number of rotatable bonds is 7. The Morgan fingerprint density at radius 1 is 1.00 bits per heavy atom. The van der Waals surface area contributed by atoms with Gasteiger partial charge in [-0.1, -0.05) is 38.8 Å². The number of nitrogens with zero attached hydrogens (tertiary/aromatic N) is 4. The third-order valence-corrected chi connectivity index (χ3v) is 5.87. The fraction of sp³-hybridized carbons (Fsp3) is 0.440. The Bertz CT molecular complexity index is 1220. The maximum atomic E-state index is 8.12. The van der Waals surface area contributed by atoms with Crippen LogP contribution in [0.3, 0.4) is 0 Å². The molecule has 0 unspecified atom stereocenters. The fourth-order valence-corrected chi connectivity index (χ4v) is 4.53. The Labute approximate surface area is 187 Å². The van der Waals surface area contributed by atoms with E-state index in [0.717, 1.165) is 71.3 Å². The zero-order valence-corrected chi connectivity index (χ0v) is 19.4. The van der Waals surface area contributed by atoms with Crippen LogP contribution in [0.15, 0.2) is 29.0 Å². The monoisotopic (exact) mass is 434 g/mol. The number of carbonyl (C=O) groups excluding carboxylic acids is 2. The van der Waals surface area contributed by atoms with Crippen LogP contribution >= 0.6 is 0 Å². The first-order chi connectivity index (χ1) is 15.5. The average molecular weight is 435 g/mol. The molecular formula is C25H30N4O3. The van der Waals surface area contributed by atoms with Crippen molar-refractivity contribution in [2.75, 3.05) is 0 Å². The Hall–Kier alpha value is -3.31. The Morgan fingerprint density at radius 3 is 2.25 bits per heavy atom. The third-order valence-electron chi connectivity index (χ3n) is 5.87. The van der Waals surface area contributed by atoms with Crippen molar-refractivity contribution < 1.29 is 14.1 Å². The Balaban J connectivity index is 0.000000913. The number of fused-ring (bicyclic) bond motifs is 3. The van der Waals surface area contributed by atoms with Gasteiger partial charge in [-0.3, -0.25) is 9.97 Å².